The number of likely N-dealkylation sites (tertiary alicyclic amines) is 2. The molecule has 0 unspecified atom stereocenters. The quantitative estimate of drug-likeness (QED) is 0.505. The Kier molecular flexibility index (Phi) is 6.46. The monoisotopic (exact) mass is 500 g/mol. The summed E-state index contributed by atoms with van der Waals surface area (Å²) in [5.41, 5.74) is 4.73. The SMILES string of the molecule is C=CC(=O)N1CC2(CCN(CCc3ccc(-c4cc5c(N6CCC(O)CC6)ncnc5[nH]4)cc3)CC2)C1. The van der Waals surface area contributed by atoms with E-state index in [0.717, 1.165) is 93.2 Å². The average molecular weight is 501 g/mol. The van der Waals surface area contributed by atoms with Gasteiger partial charge >= 0.3 is 0 Å². The summed E-state index contributed by atoms with van der Waals surface area (Å²) in [6.45, 7) is 10.3. The number of nitrogens with zero attached hydrogens (tertiary/aromatic N) is 5. The summed E-state index contributed by atoms with van der Waals surface area (Å²) in [4.78, 5) is 31.0. The number of H-pyrrole nitrogens is 1. The Morgan fingerprint density at radius 3 is 2.54 bits per heavy atom. The molecule has 0 atom stereocenters. The second-order valence-electron chi connectivity index (χ2n) is 11.0. The molecular formula is C29H36N6O2. The van der Waals surface area contributed by atoms with Crippen LogP contribution in [-0.2, 0) is 11.2 Å². The molecule has 3 aliphatic heterocycles. The van der Waals surface area contributed by atoms with Crippen LogP contribution in [0.1, 0.15) is 31.2 Å². The first-order valence-corrected chi connectivity index (χ1v) is 13.5. The molecule has 5 heterocycles. The molecule has 194 valence electrons. The second-order valence-corrected chi connectivity index (χ2v) is 11.0. The third kappa shape index (κ3) is 4.88. The van der Waals surface area contributed by atoms with Gasteiger partial charge in [0.1, 0.15) is 17.8 Å². The van der Waals surface area contributed by atoms with Crippen LogP contribution in [0.3, 0.4) is 0 Å². The normalized spacial score (nSPS) is 20.4. The number of amides is 1. The summed E-state index contributed by atoms with van der Waals surface area (Å²) in [5.74, 6) is 1.02. The number of carbonyl (C=O) groups is 1. The van der Waals surface area contributed by atoms with Crippen molar-refractivity contribution in [2.45, 2.75) is 38.2 Å². The van der Waals surface area contributed by atoms with Crippen molar-refractivity contribution < 1.29 is 9.90 Å². The van der Waals surface area contributed by atoms with E-state index in [0.29, 0.717) is 5.41 Å². The number of nitrogens with one attached hydrogen (secondary N) is 1. The number of aliphatic hydroxyl groups is 1. The fraction of sp³-hybridized carbons (Fsp3) is 0.483. The van der Waals surface area contributed by atoms with Crippen LogP contribution in [0.15, 0.2) is 49.3 Å². The molecule has 3 aliphatic rings. The molecule has 0 saturated carbocycles. The molecule has 8 nitrogen and oxygen atoms in total. The molecule has 3 aromatic rings. The number of anilines is 1. The van der Waals surface area contributed by atoms with Gasteiger partial charge in [-0.15, -0.1) is 0 Å². The van der Waals surface area contributed by atoms with Crippen molar-refractivity contribution in [3.8, 4) is 11.3 Å². The van der Waals surface area contributed by atoms with Gasteiger partial charge < -0.3 is 24.8 Å². The van der Waals surface area contributed by atoms with E-state index >= 15 is 0 Å². The summed E-state index contributed by atoms with van der Waals surface area (Å²) in [6.07, 6.45) is 7.79. The number of carbonyl (C=O) groups excluding carboxylic acids is 1. The Morgan fingerprint density at radius 2 is 1.84 bits per heavy atom. The fourth-order valence-corrected chi connectivity index (χ4v) is 6.17. The maximum atomic E-state index is 11.8. The van der Waals surface area contributed by atoms with Crippen molar-refractivity contribution in [3.05, 3.63) is 54.9 Å². The third-order valence-electron chi connectivity index (χ3n) is 8.61. The van der Waals surface area contributed by atoms with Crippen LogP contribution in [0, 0.1) is 5.41 Å². The molecule has 0 radical (unpaired) electrons. The minimum atomic E-state index is -0.205. The van der Waals surface area contributed by atoms with Crippen molar-refractivity contribution in [2.75, 3.05) is 50.7 Å². The summed E-state index contributed by atoms with van der Waals surface area (Å²) in [5, 5.41) is 10.9. The Labute approximate surface area is 218 Å². The molecule has 8 heteroatoms. The number of hydrogen-bond donors (Lipinski definition) is 2. The first-order valence-electron chi connectivity index (χ1n) is 13.5. The van der Waals surface area contributed by atoms with Crippen molar-refractivity contribution in [1.29, 1.82) is 0 Å². The molecule has 3 fully saturated rings. The van der Waals surface area contributed by atoms with Crippen LogP contribution >= 0.6 is 0 Å². The molecule has 1 amide bonds. The molecular weight excluding hydrogens is 464 g/mol. The number of aromatic amines is 1. The van der Waals surface area contributed by atoms with Gasteiger partial charge in [-0.1, -0.05) is 30.8 Å². The number of piperidine rings is 2. The van der Waals surface area contributed by atoms with Crippen LogP contribution in [0.25, 0.3) is 22.3 Å². The van der Waals surface area contributed by atoms with E-state index in [-0.39, 0.29) is 12.0 Å². The van der Waals surface area contributed by atoms with Crippen molar-refractivity contribution >= 4 is 22.8 Å². The summed E-state index contributed by atoms with van der Waals surface area (Å²) < 4.78 is 0. The number of benzene rings is 1. The number of hydrogen-bond acceptors (Lipinski definition) is 6. The lowest BCUT2D eigenvalue weighted by molar-refractivity contribution is -0.141. The summed E-state index contributed by atoms with van der Waals surface area (Å²) in [7, 11) is 0. The highest BCUT2D eigenvalue weighted by molar-refractivity contribution is 5.92. The van der Waals surface area contributed by atoms with E-state index in [1.54, 1.807) is 6.33 Å². The lowest BCUT2D eigenvalue weighted by atomic mass is 9.72. The highest BCUT2D eigenvalue weighted by Crippen LogP contribution is 2.40. The van der Waals surface area contributed by atoms with Crippen molar-refractivity contribution in [2.24, 2.45) is 5.41 Å². The average Bonchev–Trinajstić information content (AvgIpc) is 3.36. The van der Waals surface area contributed by atoms with Gasteiger partial charge in [-0.2, -0.15) is 0 Å². The van der Waals surface area contributed by atoms with Crippen LogP contribution in [0.2, 0.25) is 0 Å². The maximum absolute atomic E-state index is 11.8. The lowest BCUT2D eigenvalue weighted by Crippen LogP contribution is -2.61. The van der Waals surface area contributed by atoms with E-state index in [4.69, 9.17) is 0 Å². The molecule has 2 aromatic heterocycles. The van der Waals surface area contributed by atoms with Crippen LogP contribution in [-0.4, -0.2) is 87.7 Å². The molecule has 0 aliphatic carbocycles. The molecule has 1 aromatic carbocycles. The molecule has 3 saturated heterocycles. The predicted octanol–water partition coefficient (Wildman–Crippen LogP) is 3.24. The van der Waals surface area contributed by atoms with Crippen LogP contribution in [0.4, 0.5) is 5.82 Å². The maximum Gasteiger partial charge on any atom is 0.245 e. The first-order chi connectivity index (χ1) is 18.0. The second kappa shape index (κ2) is 9.91. The van der Waals surface area contributed by atoms with Gasteiger partial charge in [-0.05, 0) is 68.5 Å². The van der Waals surface area contributed by atoms with Gasteiger partial charge in [0.05, 0.1) is 11.5 Å². The molecule has 37 heavy (non-hydrogen) atoms. The lowest BCUT2D eigenvalue weighted by Gasteiger charge is -2.53. The Morgan fingerprint density at radius 1 is 1.11 bits per heavy atom. The van der Waals surface area contributed by atoms with Gasteiger partial charge in [0, 0.05) is 43.8 Å². The van der Waals surface area contributed by atoms with Crippen LogP contribution in [0.5, 0.6) is 0 Å². The van der Waals surface area contributed by atoms with E-state index in [9.17, 15) is 9.90 Å². The van der Waals surface area contributed by atoms with Gasteiger partial charge in [-0.3, -0.25) is 4.79 Å². The van der Waals surface area contributed by atoms with Crippen LogP contribution < -0.4 is 4.90 Å². The minimum Gasteiger partial charge on any atom is -0.393 e. The Bertz CT molecular complexity index is 1260. The number of aliphatic hydroxyl groups excluding tert-OH is 1. The number of fused-ring (bicyclic) bond motifs is 1. The highest BCUT2D eigenvalue weighted by atomic mass is 16.3. The Hall–Kier alpha value is -3.23. The standard InChI is InChI=1S/C29H36N6O2/c1-2-26(37)35-18-29(19-35)10-15-33(16-11-29)12-7-21-3-5-22(6-4-21)25-17-24-27(32-25)30-20-31-28(24)34-13-8-23(36)9-14-34/h2-6,17,20,23,36H,1,7-16,18-19H2,(H,30,31,32). The summed E-state index contributed by atoms with van der Waals surface area (Å²) in [6, 6.07) is 11.0. The molecule has 0 bridgehead atoms. The van der Waals surface area contributed by atoms with Gasteiger partial charge in [0.15, 0.2) is 0 Å². The Balaban J connectivity index is 1.05. The van der Waals surface area contributed by atoms with E-state index in [1.807, 2.05) is 4.90 Å². The fourth-order valence-electron chi connectivity index (χ4n) is 6.17. The molecule has 2 N–H and O–H groups in total. The van der Waals surface area contributed by atoms with E-state index in [1.165, 1.54) is 24.5 Å². The highest BCUT2D eigenvalue weighted by Gasteiger charge is 2.45. The summed E-state index contributed by atoms with van der Waals surface area (Å²) >= 11 is 0. The minimum absolute atomic E-state index is 0.0695. The smallest absolute Gasteiger partial charge is 0.245 e. The van der Waals surface area contributed by atoms with Crippen molar-refractivity contribution in [1.82, 2.24) is 24.8 Å². The number of rotatable bonds is 6. The van der Waals surface area contributed by atoms with E-state index in [2.05, 4.69) is 61.7 Å². The number of aromatic nitrogens is 3. The topological polar surface area (TPSA) is 88.6 Å². The van der Waals surface area contributed by atoms with Gasteiger partial charge in [0.25, 0.3) is 0 Å². The zero-order valence-electron chi connectivity index (χ0n) is 21.4. The van der Waals surface area contributed by atoms with Crippen molar-refractivity contribution in [3.63, 3.8) is 0 Å². The van der Waals surface area contributed by atoms with Gasteiger partial charge in [0.2, 0.25) is 5.91 Å². The molecule has 1 spiro atoms. The largest absolute Gasteiger partial charge is 0.393 e. The first kappa shape index (κ1) is 24.1. The third-order valence-corrected chi connectivity index (χ3v) is 8.61. The van der Waals surface area contributed by atoms with E-state index < -0.39 is 0 Å². The van der Waals surface area contributed by atoms with Gasteiger partial charge in [-0.25, -0.2) is 9.97 Å². The predicted molar refractivity (Wildman–Crippen MR) is 145 cm³/mol. The molecule has 6 rings (SSSR count). The zero-order valence-corrected chi connectivity index (χ0v) is 21.4. The zero-order chi connectivity index (χ0) is 25.4.